The molecule has 0 unspecified atom stereocenters. The standard InChI is InChI=1S/C47H36N4/c1-48-29-28-43(37-15-11-14-36(30-37)35-24-22-34(23-25-35)33-12-3-2-4-13-33)49-32-50-44-19-8-5-18-41(44)42-31-38(26-27-45(42)50)51-46-20-9-6-16-39(46)40-17-7-10-21-47(40)51/h2-31,49H,32H2,1H3. The monoisotopic (exact) mass is 656 g/mol. The number of nitrogens with zero attached hydrogens (tertiary/aromatic N) is 3. The van der Waals surface area contributed by atoms with Crippen LogP contribution in [0.4, 0.5) is 0 Å². The number of fused-ring (bicyclic) bond motifs is 6. The van der Waals surface area contributed by atoms with Crippen molar-refractivity contribution in [1.82, 2.24) is 14.5 Å². The molecule has 0 atom stereocenters. The Bertz CT molecular complexity index is 2690. The van der Waals surface area contributed by atoms with Gasteiger partial charge in [0.1, 0.15) is 0 Å². The molecule has 0 fully saturated rings. The fourth-order valence-electron chi connectivity index (χ4n) is 7.47. The lowest BCUT2D eigenvalue weighted by Gasteiger charge is -2.15. The molecular weight excluding hydrogens is 621 g/mol. The van der Waals surface area contributed by atoms with Gasteiger partial charge in [-0.15, -0.1) is 0 Å². The van der Waals surface area contributed by atoms with Crippen LogP contribution in [0.1, 0.15) is 5.56 Å². The number of allylic oxidation sites excluding steroid dienone is 1. The van der Waals surface area contributed by atoms with Gasteiger partial charge in [-0.3, -0.25) is 4.99 Å². The maximum absolute atomic E-state index is 4.29. The highest BCUT2D eigenvalue weighted by Crippen LogP contribution is 2.36. The van der Waals surface area contributed by atoms with Crippen LogP contribution in [0, 0.1) is 0 Å². The van der Waals surface area contributed by atoms with Gasteiger partial charge in [-0.1, -0.05) is 127 Å². The minimum Gasteiger partial charge on any atom is -0.367 e. The van der Waals surface area contributed by atoms with E-state index in [-0.39, 0.29) is 0 Å². The quantitative estimate of drug-likeness (QED) is 0.162. The summed E-state index contributed by atoms with van der Waals surface area (Å²) in [6.45, 7) is 0.595. The van der Waals surface area contributed by atoms with Gasteiger partial charge in [-0.25, -0.2) is 0 Å². The van der Waals surface area contributed by atoms with Crippen LogP contribution in [0.5, 0.6) is 0 Å². The predicted octanol–water partition coefficient (Wildman–Crippen LogP) is 11.5. The Morgan fingerprint density at radius 2 is 1.06 bits per heavy atom. The SMILES string of the molecule is CN=CC=C(NCn1c2ccccc2c2cc(-n3c4ccccc4c4ccccc43)ccc21)c1cccc(-c2ccc(-c3ccccc3)cc2)c1. The zero-order valence-corrected chi connectivity index (χ0v) is 28.4. The first-order valence-electron chi connectivity index (χ1n) is 17.4. The van der Waals surface area contributed by atoms with E-state index in [0.717, 1.165) is 16.9 Å². The molecule has 0 saturated carbocycles. The Morgan fingerprint density at radius 3 is 1.75 bits per heavy atom. The first-order chi connectivity index (χ1) is 25.3. The van der Waals surface area contributed by atoms with E-state index < -0.39 is 0 Å². The van der Waals surface area contributed by atoms with Gasteiger partial charge in [0.25, 0.3) is 0 Å². The molecule has 0 aliphatic rings. The molecule has 51 heavy (non-hydrogen) atoms. The summed E-state index contributed by atoms with van der Waals surface area (Å²) in [5, 5.41) is 8.78. The van der Waals surface area contributed by atoms with Crippen molar-refractivity contribution in [1.29, 1.82) is 0 Å². The van der Waals surface area contributed by atoms with E-state index in [1.165, 1.54) is 65.9 Å². The van der Waals surface area contributed by atoms with Gasteiger partial charge in [0.05, 0.1) is 28.7 Å². The molecule has 0 radical (unpaired) electrons. The van der Waals surface area contributed by atoms with Gasteiger partial charge in [-0.2, -0.15) is 0 Å². The molecule has 0 aliphatic carbocycles. The third-order valence-electron chi connectivity index (χ3n) is 9.91. The van der Waals surface area contributed by atoms with Gasteiger partial charge < -0.3 is 14.5 Å². The summed E-state index contributed by atoms with van der Waals surface area (Å²) in [7, 11) is 1.81. The van der Waals surface area contributed by atoms with E-state index in [2.05, 4.69) is 195 Å². The van der Waals surface area contributed by atoms with Crippen molar-refractivity contribution in [2.75, 3.05) is 7.05 Å². The van der Waals surface area contributed by atoms with E-state index in [9.17, 15) is 0 Å². The molecule has 0 aliphatic heterocycles. The lowest BCUT2D eigenvalue weighted by molar-refractivity contribution is 0.696. The van der Waals surface area contributed by atoms with Crippen molar-refractivity contribution in [3.8, 4) is 27.9 Å². The molecule has 9 aromatic rings. The summed E-state index contributed by atoms with van der Waals surface area (Å²) < 4.78 is 4.77. The second-order valence-corrected chi connectivity index (χ2v) is 12.9. The first-order valence-corrected chi connectivity index (χ1v) is 17.4. The zero-order chi connectivity index (χ0) is 34.1. The van der Waals surface area contributed by atoms with Crippen molar-refractivity contribution in [3.63, 3.8) is 0 Å². The van der Waals surface area contributed by atoms with E-state index >= 15 is 0 Å². The minimum absolute atomic E-state index is 0.595. The molecule has 244 valence electrons. The van der Waals surface area contributed by atoms with Crippen molar-refractivity contribution in [2.45, 2.75) is 6.67 Å². The summed E-state index contributed by atoms with van der Waals surface area (Å²) >= 11 is 0. The third-order valence-corrected chi connectivity index (χ3v) is 9.91. The maximum atomic E-state index is 4.29. The zero-order valence-electron chi connectivity index (χ0n) is 28.4. The van der Waals surface area contributed by atoms with Crippen LogP contribution in [0.3, 0.4) is 0 Å². The van der Waals surface area contributed by atoms with Gasteiger partial charge in [0.2, 0.25) is 0 Å². The smallest absolute Gasteiger partial charge is 0.0926 e. The van der Waals surface area contributed by atoms with E-state index in [0.29, 0.717) is 6.67 Å². The van der Waals surface area contributed by atoms with Gasteiger partial charge in [0.15, 0.2) is 0 Å². The molecule has 0 bridgehead atoms. The van der Waals surface area contributed by atoms with E-state index in [1.807, 2.05) is 6.21 Å². The first kappa shape index (κ1) is 30.4. The maximum Gasteiger partial charge on any atom is 0.0926 e. The third kappa shape index (κ3) is 5.48. The highest BCUT2D eigenvalue weighted by Gasteiger charge is 2.16. The number of hydrogen-bond acceptors (Lipinski definition) is 2. The average molecular weight is 657 g/mol. The molecular formula is C47H36N4. The van der Waals surface area contributed by atoms with Crippen molar-refractivity contribution in [2.24, 2.45) is 4.99 Å². The molecule has 1 N–H and O–H groups in total. The van der Waals surface area contributed by atoms with Crippen LogP contribution in [0.15, 0.2) is 181 Å². The van der Waals surface area contributed by atoms with E-state index in [4.69, 9.17) is 0 Å². The largest absolute Gasteiger partial charge is 0.367 e. The second-order valence-electron chi connectivity index (χ2n) is 12.9. The Labute approximate surface area is 297 Å². The summed E-state index contributed by atoms with van der Waals surface area (Å²) in [6.07, 6.45) is 3.92. The molecule has 9 rings (SSSR count). The van der Waals surface area contributed by atoms with Crippen LogP contribution in [0.2, 0.25) is 0 Å². The van der Waals surface area contributed by atoms with E-state index in [1.54, 1.807) is 7.05 Å². The molecule has 0 spiro atoms. The Morgan fingerprint density at radius 1 is 0.510 bits per heavy atom. The lowest BCUT2D eigenvalue weighted by Crippen LogP contribution is -2.17. The highest BCUT2D eigenvalue weighted by atomic mass is 15.1. The van der Waals surface area contributed by atoms with Gasteiger partial charge >= 0.3 is 0 Å². The van der Waals surface area contributed by atoms with Crippen molar-refractivity contribution >= 4 is 55.5 Å². The summed E-state index contributed by atoms with van der Waals surface area (Å²) in [6, 6.07) is 61.0. The Hall–Kier alpha value is -6.65. The van der Waals surface area contributed by atoms with Crippen LogP contribution >= 0.6 is 0 Å². The number of hydrogen-bond donors (Lipinski definition) is 1. The topological polar surface area (TPSA) is 34.2 Å². The fraction of sp³-hybridized carbons (Fsp3) is 0.0426. The number of aromatic nitrogens is 2. The number of rotatable bonds is 8. The summed E-state index contributed by atoms with van der Waals surface area (Å²) in [4.78, 5) is 4.29. The molecule has 0 saturated heterocycles. The number of benzene rings is 7. The molecule has 7 aromatic carbocycles. The van der Waals surface area contributed by atoms with Crippen molar-refractivity contribution in [3.05, 3.63) is 181 Å². The van der Waals surface area contributed by atoms with Crippen LogP contribution < -0.4 is 5.32 Å². The molecule has 4 heteroatoms. The molecule has 4 nitrogen and oxygen atoms in total. The van der Waals surface area contributed by atoms with Crippen LogP contribution in [-0.2, 0) is 6.67 Å². The minimum atomic E-state index is 0.595. The number of nitrogens with one attached hydrogen (secondary N) is 1. The summed E-state index contributed by atoms with van der Waals surface area (Å²) in [5.41, 5.74) is 12.9. The number of para-hydroxylation sites is 3. The molecule has 0 amide bonds. The molecule has 2 aromatic heterocycles. The second kappa shape index (κ2) is 13.0. The van der Waals surface area contributed by atoms with Crippen LogP contribution in [-0.4, -0.2) is 22.4 Å². The number of aliphatic imine (C=N–C) groups is 1. The lowest BCUT2D eigenvalue weighted by atomic mass is 9.98. The average Bonchev–Trinajstić information content (AvgIpc) is 3.70. The predicted molar refractivity (Wildman–Crippen MR) is 217 cm³/mol. The molecule has 2 heterocycles. The summed E-state index contributed by atoms with van der Waals surface area (Å²) in [5.74, 6) is 0. The van der Waals surface area contributed by atoms with Crippen molar-refractivity contribution < 1.29 is 0 Å². The Kier molecular flexibility index (Phi) is 7.75. The highest BCUT2D eigenvalue weighted by molar-refractivity contribution is 6.11. The van der Waals surface area contributed by atoms with Crippen LogP contribution in [0.25, 0.3) is 77.2 Å². The Balaban J connectivity index is 1.07. The normalized spacial score (nSPS) is 12.1. The van der Waals surface area contributed by atoms with Gasteiger partial charge in [-0.05, 0) is 76.4 Å². The van der Waals surface area contributed by atoms with Gasteiger partial charge in [0, 0.05) is 46.2 Å². The fourth-order valence-corrected chi connectivity index (χ4v) is 7.47.